The van der Waals surface area contributed by atoms with Gasteiger partial charge in [0.25, 0.3) is 5.91 Å². The Balaban J connectivity index is 0.00000156. The fourth-order valence-corrected chi connectivity index (χ4v) is 3.81. The Morgan fingerprint density at radius 3 is 2.64 bits per heavy atom. The van der Waals surface area contributed by atoms with Crippen molar-refractivity contribution in [3.05, 3.63) is 51.7 Å². The van der Waals surface area contributed by atoms with Crippen LogP contribution in [-0.2, 0) is 6.42 Å². The van der Waals surface area contributed by atoms with Crippen LogP contribution in [0.1, 0.15) is 34.4 Å². The lowest BCUT2D eigenvalue weighted by Gasteiger charge is -2.20. The molecule has 0 saturated carbocycles. The van der Waals surface area contributed by atoms with Gasteiger partial charge in [0.2, 0.25) is 0 Å². The molecule has 2 heterocycles. The van der Waals surface area contributed by atoms with Gasteiger partial charge in [-0.3, -0.25) is 4.79 Å². The van der Waals surface area contributed by atoms with Crippen molar-refractivity contribution in [2.75, 3.05) is 13.1 Å². The first kappa shape index (κ1) is 21.8. The number of amides is 1. The molecule has 1 fully saturated rings. The van der Waals surface area contributed by atoms with Crippen molar-refractivity contribution in [2.45, 2.75) is 25.8 Å². The van der Waals surface area contributed by atoms with Gasteiger partial charge < -0.3 is 10.6 Å². The summed E-state index contributed by atoms with van der Waals surface area (Å²) in [4.78, 5) is 18.9. The number of hydrogen-bond donors (Lipinski definition) is 1. The van der Waals surface area contributed by atoms with E-state index in [1.807, 2.05) is 10.3 Å². The molecule has 2 atom stereocenters. The van der Waals surface area contributed by atoms with Gasteiger partial charge in [-0.2, -0.15) is 0 Å². The molecule has 0 radical (unpaired) electrons. The molecule has 0 spiro atoms. The lowest BCUT2D eigenvalue weighted by atomic mass is 10.1. The number of aromatic nitrogens is 1. The van der Waals surface area contributed by atoms with Gasteiger partial charge in [-0.1, -0.05) is 12.1 Å². The number of thiazole rings is 1. The number of benzene rings is 1. The van der Waals surface area contributed by atoms with E-state index in [-0.39, 0.29) is 42.6 Å². The number of rotatable bonds is 4. The summed E-state index contributed by atoms with van der Waals surface area (Å²) in [5.74, 6) is 0.113. The third-order valence-electron chi connectivity index (χ3n) is 4.30. The SMILES string of the molecule is CC1CC(CN)CN1C(=O)c1csc(Cc2ccc(F)cc2)n1.Cl.Cl. The van der Waals surface area contributed by atoms with Crippen molar-refractivity contribution in [3.63, 3.8) is 0 Å². The van der Waals surface area contributed by atoms with E-state index in [9.17, 15) is 9.18 Å². The second-order valence-corrected chi connectivity index (χ2v) is 7.02. The molecule has 4 nitrogen and oxygen atoms in total. The zero-order valence-corrected chi connectivity index (χ0v) is 16.3. The Morgan fingerprint density at radius 1 is 1.36 bits per heavy atom. The number of likely N-dealkylation sites (tertiary alicyclic amines) is 1. The van der Waals surface area contributed by atoms with E-state index in [2.05, 4.69) is 11.9 Å². The molecule has 1 aromatic carbocycles. The molecule has 25 heavy (non-hydrogen) atoms. The van der Waals surface area contributed by atoms with Gasteiger partial charge in [-0.15, -0.1) is 36.2 Å². The molecule has 0 bridgehead atoms. The summed E-state index contributed by atoms with van der Waals surface area (Å²) in [6.45, 7) is 3.38. The van der Waals surface area contributed by atoms with Crippen LogP contribution in [0.2, 0.25) is 0 Å². The molecule has 2 aromatic rings. The predicted octanol–water partition coefficient (Wildman–Crippen LogP) is 3.53. The topological polar surface area (TPSA) is 59.2 Å². The van der Waals surface area contributed by atoms with Crippen molar-refractivity contribution in [1.29, 1.82) is 0 Å². The maximum Gasteiger partial charge on any atom is 0.273 e. The third-order valence-corrected chi connectivity index (χ3v) is 5.14. The van der Waals surface area contributed by atoms with Gasteiger partial charge in [0.1, 0.15) is 11.5 Å². The molecule has 1 saturated heterocycles. The number of carbonyl (C=O) groups is 1. The van der Waals surface area contributed by atoms with E-state index in [4.69, 9.17) is 5.73 Å². The number of nitrogens with zero attached hydrogens (tertiary/aromatic N) is 2. The molecule has 1 aliphatic rings. The molecule has 1 aliphatic heterocycles. The Kier molecular flexibility index (Phi) is 8.28. The molecule has 1 aromatic heterocycles. The normalized spacial score (nSPS) is 19.2. The smallest absolute Gasteiger partial charge is 0.273 e. The molecular formula is C17H22Cl2FN3OS. The minimum absolute atomic E-state index is 0. The first-order valence-corrected chi connectivity index (χ1v) is 8.64. The first-order valence-electron chi connectivity index (χ1n) is 7.76. The molecule has 1 amide bonds. The van der Waals surface area contributed by atoms with E-state index in [1.165, 1.54) is 23.5 Å². The van der Waals surface area contributed by atoms with E-state index < -0.39 is 0 Å². The fourth-order valence-electron chi connectivity index (χ4n) is 3.01. The van der Waals surface area contributed by atoms with Gasteiger partial charge in [0, 0.05) is 24.4 Å². The molecule has 3 rings (SSSR count). The zero-order chi connectivity index (χ0) is 16.4. The van der Waals surface area contributed by atoms with Crippen molar-refractivity contribution in [2.24, 2.45) is 11.7 Å². The predicted molar refractivity (Wildman–Crippen MR) is 103 cm³/mol. The minimum atomic E-state index is -0.249. The maximum absolute atomic E-state index is 12.9. The van der Waals surface area contributed by atoms with Crippen molar-refractivity contribution in [3.8, 4) is 0 Å². The van der Waals surface area contributed by atoms with Crippen molar-refractivity contribution < 1.29 is 9.18 Å². The van der Waals surface area contributed by atoms with Crippen LogP contribution < -0.4 is 5.73 Å². The average Bonchev–Trinajstić information content (AvgIpc) is 3.15. The highest BCUT2D eigenvalue weighted by atomic mass is 35.5. The minimum Gasteiger partial charge on any atom is -0.334 e. The van der Waals surface area contributed by atoms with Crippen molar-refractivity contribution in [1.82, 2.24) is 9.88 Å². The van der Waals surface area contributed by atoms with Crippen LogP contribution >= 0.6 is 36.2 Å². The van der Waals surface area contributed by atoms with E-state index in [0.717, 1.165) is 17.0 Å². The first-order chi connectivity index (χ1) is 11.1. The number of nitrogens with two attached hydrogens (primary N) is 1. The highest BCUT2D eigenvalue weighted by Crippen LogP contribution is 2.25. The van der Waals surface area contributed by atoms with Crippen LogP contribution in [0.15, 0.2) is 29.6 Å². The Morgan fingerprint density at radius 2 is 2.04 bits per heavy atom. The summed E-state index contributed by atoms with van der Waals surface area (Å²) in [6.07, 6.45) is 1.56. The second kappa shape index (κ2) is 9.48. The molecule has 0 aliphatic carbocycles. The maximum atomic E-state index is 12.9. The van der Waals surface area contributed by atoms with E-state index >= 15 is 0 Å². The van der Waals surface area contributed by atoms with Gasteiger partial charge >= 0.3 is 0 Å². The Bertz CT molecular complexity index is 695. The highest BCUT2D eigenvalue weighted by molar-refractivity contribution is 7.09. The molecule has 2 N–H and O–H groups in total. The monoisotopic (exact) mass is 405 g/mol. The van der Waals surface area contributed by atoms with Crippen LogP contribution in [0.25, 0.3) is 0 Å². The summed E-state index contributed by atoms with van der Waals surface area (Å²) in [5.41, 5.74) is 7.20. The summed E-state index contributed by atoms with van der Waals surface area (Å²) >= 11 is 1.47. The van der Waals surface area contributed by atoms with Gasteiger partial charge in [-0.05, 0) is 43.5 Å². The van der Waals surface area contributed by atoms with Crippen LogP contribution in [0.4, 0.5) is 4.39 Å². The number of carbonyl (C=O) groups excluding carboxylic acids is 1. The van der Waals surface area contributed by atoms with Crippen molar-refractivity contribution >= 4 is 42.1 Å². The average molecular weight is 406 g/mol. The Labute approximate surface area is 163 Å². The summed E-state index contributed by atoms with van der Waals surface area (Å²) in [6, 6.07) is 6.57. The lowest BCUT2D eigenvalue weighted by Crippen LogP contribution is -2.34. The van der Waals surface area contributed by atoms with Crippen LogP contribution in [-0.4, -0.2) is 34.9 Å². The van der Waals surface area contributed by atoms with E-state index in [1.54, 1.807) is 12.1 Å². The second-order valence-electron chi connectivity index (χ2n) is 6.07. The lowest BCUT2D eigenvalue weighted by molar-refractivity contribution is 0.0738. The van der Waals surface area contributed by atoms with E-state index in [0.29, 0.717) is 31.1 Å². The van der Waals surface area contributed by atoms with Gasteiger partial charge in [0.05, 0.1) is 5.01 Å². The van der Waals surface area contributed by atoms with Crippen LogP contribution in [0, 0.1) is 11.7 Å². The summed E-state index contributed by atoms with van der Waals surface area (Å²) < 4.78 is 12.9. The Hall–Kier alpha value is -1.21. The highest BCUT2D eigenvalue weighted by Gasteiger charge is 2.33. The zero-order valence-electron chi connectivity index (χ0n) is 13.9. The number of hydrogen-bond acceptors (Lipinski definition) is 4. The van der Waals surface area contributed by atoms with Gasteiger partial charge in [0.15, 0.2) is 0 Å². The standard InChI is InChI=1S/C17H20FN3OS.2ClH/c1-11-6-13(8-19)9-21(11)17(22)15-10-23-16(20-15)7-12-2-4-14(18)5-3-12;;/h2-5,10-11,13H,6-9,19H2,1H3;2*1H. The largest absolute Gasteiger partial charge is 0.334 e. The fraction of sp³-hybridized carbons (Fsp3) is 0.412. The molecular weight excluding hydrogens is 384 g/mol. The third kappa shape index (κ3) is 5.14. The quantitative estimate of drug-likeness (QED) is 0.845. The summed E-state index contributed by atoms with van der Waals surface area (Å²) in [5, 5.41) is 2.67. The van der Waals surface area contributed by atoms with Crippen LogP contribution in [0.3, 0.4) is 0 Å². The van der Waals surface area contributed by atoms with Gasteiger partial charge in [-0.25, -0.2) is 9.37 Å². The molecule has 2 unspecified atom stereocenters. The number of halogens is 3. The molecule has 8 heteroatoms. The molecule has 138 valence electrons. The van der Waals surface area contributed by atoms with Crippen LogP contribution in [0.5, 0.6) is 0 Å². The summed E-state index contributed by atoms with van der Waals surface area (Å²) in [7, 11) is 0.